The number of nitrogens with zero attached hydrogens (tertiary/aromatic N) is 1. The molecule has 0 amide bonds. The van der Waals surface area contributed by atoms with E-state index >= 15 is 0 Å². The summed E-state index contributed by atoms with van der Waals surface area (Å²) in [5, 5.41) is 8.81. The Kier molecular flexibility index (Phi) is 11.1. The number of rotatable bonds is 3. The molecule has 0 atom stereocenters. The molecule has 12 heavy (non-hydrogen) atoms. The molecule has 0 saturated heterocycles. The first-order chi connectivity index (χ1) is 5.50. The van der Waals surface area contributed by atoms with E-state index in [1.165, 1.54) is 6.92 Å². The lowest BCUT2D eigenvalue weighted by Gasteiger charge is -1.96. The number of nitro groups is 1. The summed E-state index contributed by atoms with van der Waals surface area (Å²) in [6, 6.07) is 0. The highest BCUT2D eigenvalue weighted by atomic mass is 16.6. The van der Waals surface area contributed by atoms with E-state index in [4.69, 9.17) is 10.1 Å². The molecule has 72 valence electrons. The monoisotopic (exact) mass is 177 g/mol. The fraction of sp³-hybridized carbons (Fsp3) is 0.857. The van der Waals surface area contributed by atoms with Crippen LogP contribution in [0.1, 0.15) is 26.7 Å². The number of hydrogen-bond acceptors (Lipinski definition) is 4. The fourth-order valence-corrected chi connectivity index (χ4v) is 0.360. The van der Waals surface area contributed by atoms with Crippen LogP contribution in [0.25, 0.3) is 0 Å². The lowest BCUT2D eigenvalue weighted by molar-refractivity contribution is -0.445. The van der Waals surface area contributed by atoms with Gasteiger partial charge in [0.15, 0.2) is 7.05 Å². The zero-order valence-corrected chi connectivity index (χ0v) is 7.70. The van der Waals surface area contributed by atoms with Gasteiger partial charge in [0, 0.05) is 11.8 Å². The molecule has 0 aliphatic carbocycles. The quantitative estimate of drug-likeness (QED) is 0.281. The van der Waals surface area contributed by atoms with Crippen LogP contribution in [0, 0.1) is 10.1 Å². The summed E-state index contributed by atoms with van der Waals surface area (Å²) in [6.07, 6.45) is 2.05. The van der Waals surface area contributed by atoms with Crippen LogP contribution in [-0.2, 0) is 9.53 Å². The third kappa shape index (κ3) is 36.7. The minimum atomic E-state index is -0.500. The summed E-state index contributed by atoms with van der Waals surface area (Å²) in [6.45, 7) is 4.06. The van der Waals surface area contributed by atoms with Gasteiger partial charge in [-0.15, -0.1) is 0 Å². The number of carbonyl (C=O) groups is 1. The number of ether oxygens (including phenoxy) is 1. The van der Waals surface area contributed by atoms with E-state index in [0.29, 0.717) is 6.61 Å². The Morgan fingerprint density at radius 1 is 1.58 bits per heavy atom. The van der Waals surface area contributed by atoms with Crippen molar-refractivity contribution < 1.29 is 14.5 Å². The van der Waals surface area contributed by atoms with Crippen LogP contribution in [0.5, 0.6) is 0 Å². The van der Waals surface area contributed by atoms with Gasteiger partial charge < -0.3 is 4.74 Å². The summed E-state index contributed by atoms with van der Waals surface area (Å²) in [5.41, 5.74) is 0. The standard InChI is InChI=1S/C6H12O2.CH3NO2/c1-3-4-5-8-6(2)7;1-2(3)4/h3-5H2,1-2H3;1H3. The Morgan fingerprint density at radius 3 is 2.25 bits per heavy atom. The highest BCUT2D eigenvalue weighted by molar-refractivity contribution is 5.65. The summed E-state index contributed by atoms with van der Waals surface area (Å²) < 4.78 is 4.64. The Balaban J connectivity index is 0. The van der Waals surface area contributed by atoms with Gasteiger partial charge >= 0.3 is 5.97 Å². The van der Waals surface area contributed by atoms with Gasteiger partial charge in [0.2, 0.25) is 0 Å². The molecule has 0 radical (unpaired) electrons. The molecule has 0 aromatic rings. The SMILES string of the molecule is CCCCOC(C)=O.C[N+](=O)[O-]. The zero-order chi connectivity index (χ0) is 9.98. The molecule has 0 aliphatic rings. The van der Waals surface area contributed by atoms with Crippen molar-refractivity contribution in [2.45, 2.75) is 26.7 Å². The molecular formula is C7H15NO4. The predicted molar refractivity (Wildman–Crippen MR) is 44.5 cm³/mol. The second-order valence-electron chi connectivity index (χ2n) is 2.13. The van der Waals surface area contributed by atoms with Gasteiger partial charge in [0.25, 0.3) is 0 Å². The van der Waals surface area contributed by atoms with Crippen LogP contribution >= 0.6 is 0 Å². The van der Waals surface area contributed by atoms with Crippen LogP contribution in [-0.4, -0.2) is 24.5 Å². The molecular weight excluding hydrogens is 162 g/mol. The van der Waals surface area contributed by atoms with Crippen molar-refractivity contribution in [1.29, 1.82) is 0 Å². The molecule has 0 aliphatic heterocycles. The van der Waals surface area contributed by atoms with Gasteiger partial charge in [-0.3, -0.25) is 14.9 Å². The lowest BCUT2D eigenvalue weighted by atomic mass is 10.4. The first-order valence-corrected chi connectivity index (χ1v) is 3.72. The van der Waals surface area contributed by atoms with Gasteiger partial charge in [-0.05, 0) is 6.42 Å². The normalized spacial score (nSPS) is 7.92. The Hall–Kier alpha value is -1.13. The van der Waals surface area contributed by atoms with Crippen molar-refractivity contribution in [3.8, 4) is 0 Å². The van der Waals surface area contributed by atoms with Crippen molar-refractivity contribution in [3.63, 3.8) is 0 Å². The van der Waals surface area contributed by atoms with Crippen molar-refractivity contribution in [1.82, 2.24) is 0 Å². The van der Waals surface area contributed by atoms with Crippen molar-refractivity contribution >= 4 is 5.97 Å². The lowest BCUT2D eigenvalue weighted by Crippen LogP contribution is -1.99. The molecule has 5 nitrogen and oxygen atoms in total. The third-order valence-electron chi connectivity index (χ3n) is 0.803. The van der Waals surface area contributed by atoms with E-state index in [1.807, 2.05) is 0 Å². The topological polar surface area (TPSA) is 69.4 Å². The van der Waals surface area contributed by atoms with E-state index in [-0.39, 0.29) is 5.97 Å². The first kappa shape index (κ1) is 13.5. The molecule has 0 heterocycles. The number of hydrogen-bond donors (Lipinski definition) is 0. The minimum absolute atomic E-state index is 0.182. The van der Waals surface area contributed by atoms with E-state index in [2.05, 4.69) is 11.7 Å². The molecule has 0 aromatic carbocycles. The van der Waals surface area contributed by atoms with Crippen LogP contribution in [0.3, 0.4) is 0 Å². The van der Waals surface area contributed by atoms with Crippen LogP contribution in [0.15, 0.2) is 0 Å². The number of carbonyl (C=O) groups excluding carboxylic acids is 1. The van der Waals surface area contributed by atoms with E-state index < -0.39 is 4.92 Å². The average Bonchev–Trinajstić information content (AvgIpc) is 1.86. The van der Waals surface area contributed by atoms with Gasteiger partial charge in [-0.25, -0.2) is 0 Å². The number of esters is 1. The number of unbranched alkanes of at least 4 members (excludes halogenated alkanes) is 1. The minimum Gasteiger partial charge on any atom is -0.466 e. The molecule has 0 saturated carbocycles. The van der Waals surface area contributed by atoms with E-state index in [9.17, 15) is 4.79 Å². The smallest absolute Gasteiger partial charge is 0.302 e. The largest absolute Gasteiger partial charge is 0.466 e. The molecule has 0 spiro atoms. The van der Waals surface area contributed by atoms with Gasteiger partial charge in [0.1, 0.15) is 0 Å². The molecule has 5 heteroatoms. The highest BCUT2D eigenvalue weighted by Crippen LogP contribution is 1.86. The maximum Gasteiger partial charge on any atom is 0.302 e. The highest BCUT2D eigenvalue weighted by Gasteiger charge is 1.88. The van der Waals surface area contributed by atoms with Gasteiger partial charge in [-0.2, -0.15) is 0 Å². The molecule has 0 unspecified atom stereocenters. The van der Waals surface area contributed by atoms with Crippen molar-refractivity contribution in [2.24, 2.45) is 0 Å². The van der Waals surface area contributed by atoms with Crippen LogP contribution < -0.4 is 0 Å². The van der Waals surface area contributed by atoms with Crippen LogP contribution in [0.4, 0.5) is 0 Å². The van der Waals surface area contributed by atoms with Gasteiger partial charge in [0.05, 0.1) is 6.61 Å². The molecule has 0 N–H and O–H groups in total. The predicted octanol–water partition coefficient (Wildman–Crippen LogP) is 1.24. The molecule has 0 bridgehead atoms. The van der Waals surface area contributed by atoms with E-state index in [1.54, 1.807) is 0 Å². The van der Waals surface area contributed by atoms with Gasteiger partial charge in [-0.1, -0.05) is 13.3 Å². The molecule has 0 aromatic heterocycles. The summed E-state index contributed by atoms with van der Waals surface area (Å²) in [5.74, 6) is -0.182. The Bertz CT molecular complexity index is 131. The first-order valence-electron chi connectivity index (χ1n) is 3.72. The second-order valence-corrected chi connectivity index (χ2v) is 2.13. The van der Waals surface area contributed by atoms with Crippen LogP contribution in [0.2, 0.25) is 0 Å². The fourth-order valence-electron chi connectivity index (χ4n) is 0.360. The third-order valence-corrected chi connectivity index (χ3v) is 0.803. The molecule has 0 fully saturated rings. The zero-order valence-electron chi connectivity index (χ0n) is 7.70. The second kappa shape index (κ2) is 9.87. The maximum atomic E-state index is 10.1. The van der Waals surface area contributed by atoms with Crippen molar-refractivity contribution in [3.05, 3.63) is 10.1 Å². The molecule has 0 rings (SSSR count). The maximum absolute atomic E-state index is 10.1. The van der Waals surface area contributed by atoms with Crippen molar-refractivity contribution in [2.75, 3.05) is 13.7 Å². The summed E-state index contributed by atoms with van der Waals surface area (Å²) in [7, 11) is 0.889. The summed E-state index contributed by atoms with van der Waals surface area (Å²) >= 11 is 0. The van der Waals surface area contributed by atoms with E-state index in [0.717, 1.165) is 19.9 Å². The Labute approximate surface area is 71.9 Å². The Morgan fingerprint density at radius 2 is 2.00 bits per heavy atom. The average molecular weight is 177 g/mol. The summed E-state index contributed by atoms with van der Waals surface area (Å²) in [4.78, 5) is 18.4.